The summed E-state index contributed by atoms with van der Waals surface area (Å²) in [6, 6.07) is 11.5. The number of amides is 2. The van der Waals surface area contributed by atoms with Crippen molar-refractivity contribution < 1.29 is 27.8 Å². The zero-order valence-corrected chi connectivity index (χ0v) is 16.0. The number of halogens is 2. The molecule has 1 N–H and O–H groups in total. The first kappa shape index (κ1) is 20.6. The summed E-state index contributed by atoms with van der Waals surface area (Å²) in [6.45, 7) is -0.0172. The van der Waals surface area contributed by atoms with Crippen LogP contribution >= 0.6 is 0 Å². The Hall–Kier alpha value is -3.16. The molecule has 8 heteroatoms. The maximum atomic E-state index is 12.5. The molecule has 2 aromatic carbocycles. The summed E-state index contributed by atoms with van der Waals surface area (Å²) in [4.78, 5) is 26.0. The Kier molecular flexibility index (Phi) is 6.64. The molecule has 6 nitrogen and oxygen atoms in total. The molecule has 154 valence electrons. The van der Waals surface area contributed by atoms with Crippen LogP contribution in [0.1, 0.15) is 35.7 Å². The molecule has 3 rings (SSSR count). The second-order valence-corrected chi connectivity index (χ2v) is 6.47. The molecular weight excluding hydrogens is 382 g/mol. The third kappa shape index (κ3) is 5.22. The third-order valence-corrected chi connectivity index (χ3v) is 4.50. The fraction of sp³-hybridized carbons (Fsp3) is 0.333. The van der Waals surface area contributed by atoms with E-state index in [-0.39, 0.29) is 42.0 Å². The number of alkyl halides is 2. The quantitative estimate of drug-likeness (QED) is 0.728. The Morgan fingerprint density at radius 2 is 1.93 bits per heavy atom. The zero-order chi connectivity index (χ0) is 20.8. The van der Waals surface area contributed by atoms with Crippen molar-refractivity contribution in [2.45, 2.75) is 32.9 Å². The molecule has 1 heterocycles. The summed E-state index contributed by atoms with van der Waals surface area (Å²) < 4.78 is 34.7. The number of ether oxygens (including phenoxy) is 2. The van der Waals surface area contributed by atoms with E-state index in [1.54, 1.807) is 11.8 Å². The lowest BCUT2D eigenvalue weighted by Crippen LogP contribution is -2.24. The van der Waals surface area contributed by atoms with E-state index < -0.39 is 6.61 Å². The number of hydrogen-bond donors (Lipinski definition) is 1. The molecule has 1 aliphatic rings. The highest BCUT2D eigenvalue weighted by atomic mass is 19.3. The standard InChI is InChI=1S/C21H22F2N2O4/c1-2-28-18-12-15(7-10-17(18)29-21(22)23)20(27)24-13-14-5-8-16(9-6-14)25-11-3-4-19(25)26/h5-10,12,21H,2-4,11,13H2,1H3,(H,24,27). The maximum Gasteiger partial charge on any atom is 0.387 e. The number of anilines is 1. The van der Waals surface area contributed by atoms with Crippen LogP contribution in [-0.2, 0) is 11.3 Å². The van der Waals surface area contributed by atoms with E-state index in [2.05, 4.69) is 10.1 Å². The third-order valence-electron chi connectivity index (χ3n) is 4.50. The Morgan fingerprint density at radius 1 is 1.17 bits per heavy atom. The van der Waals surface area contributed by atoms with Gasteiger partial charge in [0.25, 0.3) is 5.91 Å². The average Bonchev–Trinajstić information content (AvgIpc) is 3.13. The SMILES string of the molecule is CCOc1cc(C(=O)NCc2ccc(N3CCCC3=O)cc2)ccc1OC(F)F. The van der Waals surface area contributed by atoms with Gasteiger partial charge in [-0.2, -0.15) is 8.78 Å². The van der Waals surface area contributed by atoms with Gasteiger partial charge in [-0.1, -0.05) is 12.1 Å². The number of hydrogen-bond acceptors (Lipinski definition) is 4. The van der Waals surface area contributed by atoms with E-state index in [0.717, 1.165) is 24.2 Å². The molecule has 0 atom stereocenters. The Bertz CT molecular complexity index is 871. The fourth-order valence-corrected chi connectivity index (χ4v) is 3.11. The molecule has 0 bridgehead atoms. The van der Waals surface area contributed by atoms with Gasteiger partial charge in [-0.25, -0.2) is 0 Å². The van der Waals surface area contributed by atoms with E-state index in [1.165, 1.54) is 18.2 Å². The molecule has 29 heavy (non-hydrogen) atoms. The highest BCUT2D eigenvalue weighted by Gasteiger charge is 2.21. The largest absolute Gasteiger partial charge is 0.490 e. The Balaban J connectivity index is 1.62. The van der Waals surface area contributed by atoms with Gasteiger partial charge in [-0.05, 0) is 49.2 Å². The van der Waals surface area contributed by atoms with Crippen LogP contribution in [-0.4, -0.2) is 31.6 Å². The predicted molar refractivity (Wildman–Crippen MR) is 103 cm³/mol. The van der Waals surface area contributed by atoms with Gasteiger partial charge in [0.05, 0.1) is 6.61 Å². The number of benzene rings is 2. The molecule has 0 unspecified atom stereocenters. The Morgan fingerprint density at radius 3 is 2.55 bits per heavy atom. The van der Waals surface area contributed by atoms with Gasteiger partial charge < -0.3 is 19.7 Å². The van der Waals surface area contributed by atoms with Crippen molar-refractivity contribution in [3.63, 3.8) is 0 Å². The van der Waals surface area contributed by atoms with E-state index in [1.807, 2.05) is 24.3 Å². The lowest BCUT2D eigenvalue weighted by Gasteiger charge is -2.16. The molecule has 1 saturated heterocycles. The first-order valence-electron chi connectivity index (χ1n) is 9.37. The van der Waals surface area contributed by atoms with Gasteiger partial charge in [0, 0.05) is 30.8 Å². The zero-order valence-electron chi connectivity index (χ0n) is 16.0. The van der Waals surface area contributed by atoms with E-state index in [0.29, 0.717) is 6.42 Å². The molecule has 1 fully saturated rings. The van der Waals surface area contributed by atoms with Gasteiger partial charge in [-0.15, -0.1) is 0 Å². The molecule has 2 aromatic rings. The smallest absolute Gasteiger partial charge is 0.387 e. The molecule has 0 radical (unpaired) electrons. The van der Waals surface area contributed by atoms with Gasteiger partial charge in [0.15, 0.2) is 11.5 Å². The van der Waals surface area contributed by atoms with Crippen LogP contribution in [0.25, 0.3) is 0 Å². The van der Waals surface area contributed by atoms with Crippen molar-refractivity contribution in [1.82, 2.24) is 5.32 Å². The van der Waals surface area contributed by atoms with Crippen molar-refractivity contribution >= 4 is 17.5 Å². The van der Waals surface area contributed by atoms with E-state index in [4.69, 9.17) is 4.74 Å². The second-order valence-electron chi connectivity index (χ2n) is 6.47. The van der Waals surface area contributed by atoms with E-state index in [9.17, 15) is 18.4 Å². The van der Waals surface area contributed by atoms with Crippen LogP contribution in [0.15, 0.2) is 42.5 Å². The topological polar surface area (TPSA) is 67.9 Å². The van der Waals surface area contributed by atoms with Gasteiger partial charge in [-0.3, -0.25) is 9.59 Å². The number of rotatable bonds is 8. The summed E-state index contributed by atoms with van der Waals surface area (Å²) in [5.41, 5.74) is 1.99. The van der Waals surface area contributed by atoms with Crippen LogP contribution < -0.4 is 19.7 Å². The van der Waals surface area contributed by atoms with Crippen LogP contribution in [0.3, 0.4) is 0 Å². The minimum Gasteiger partial charge on any atom is -0.490 e. The maximum absolute atomic E-state index is 12.5. The minimum absolute atomic E-state index is 0.0834. The van der Waals surface area contributed by atoms with Crippen LogP contribution in [0, 0.1) is 0 Å². The highest BCUT2D eigenvalue weighted by molar-refractivity contribution is 5.95. The number of carbonyl (C=O) groups excluding carboxylic acids is 2. The lowest BCUT2D eigenvalue weighted by atomic mass is 10.1. The molecule has 0 aromatic heterocycles. The van der Waals surface area contributed by atoms with Crippen molar-refractivity contribution in [2.75, 3.05) is 18.1 Å². The van der Waals surface area contributed by atoms with Crippen molar-refractivity contribution in [3.8, 4) is 11.5 Å². The summed E-state index contributed by atoms with van der Waals surface area (Å²) >= 11 is 0. The first-order chi connectivity index (χ1) is 14.0. The molecule has 2 amide bonds. The first-order valence-corrected chi connectivity index (χ1v) is 9.37. The number of carbonyl (C=O) groups is 2. The van der Waals surface area contributed by atoms with Crippen molar-refractivity contribution in [2.24, 2.45) is 0 Å². The molecule has 0 spiro atoms. The average molecular weight is 404 g/mol. The highest BCUT2D eigenvalue weighted by Crippen LogP contribution is 2.30. The summed E-state index contributed by atoms with van der Waals surface area (Å²) in [5, 5.41) is 2.78. The van der Waals surface area contributed by atoms with Crippen LogP contribution in [0.4, 0.5) is 14.5 Å². The number of nitrogens with one attached hydrogen (secondary N) is 1. The normalized spacial score (nSPS) is 13.7. The van der Waals surface area contributed by atoms with Gasteiger partial charge >= 0.3 is 6.61 Å². The molecular formula is C21H22F2N2O4. The van der Waals surface area contributed by atoms with Crippen LogP contribution in [0.2, 0.25) is 0 Å². The van der Waals surface area contributed by atoms with Crippen molar-refractivity contribution in [3.05, 3.63) is 53.6 Å². The Labute approximate surface area is 167 Å². The van der Waals surface area contributed by atoms with Gasteiger partial charge in [0.1, 0.15) is 0 Å². The van der Waals surface area contributed by atoms with Crippen LogP contribution in [0.5, 0.6) is 11.5 Å². The fourth-order valence-electron chi connectivity index (χ4n) is 3.11. The van der Waals surface area contributed by atoms with Crippen molar-refractivity contribution in [1.29, 1.82) is 0 Å². The molecule has 0 aliphatic carbocycles. The summed E-state index contributed by atoms with van der Waals surface area (Å²) in [7, 11) is 0. The molecule has 0 saturated carbocycles. The summed E-state index contributed by atoms with van der Waals surface area (Å²) in [5.74, 6) is -0.283. The van der Waals surface area contributed by atoms with Gasteiger partial charge in [0.2, 0.25) is 5.91 Å². The summed E-state index contributed by atoms with van der Waals surface area (Å²) in [6.07, 6.45) is 1.43. The monoisotopic (exact) mass is 404 g/mol. The molecule has 1 aliphatic heterocycles. The lowest BCUT2D eigenvalue weighted by molar-refractivity contribution is -0.117. The van der Waals surface area contributed by atoms with E-state index >= 15 is 0 Å². The predicted octanol–water partition coefficient (Wildman–Crippen LogP) is 3.74. The number of nitrogens with zero attached hydrogens (tertiary/aromatic N) is 1. The minimum atomic E-state index is -2.98. The second kappa shape index (κ2) is 9.36.